The largest absolute Gasteiger partial charge is 0.360 e. The Bertz CT molecular complexity index is 739. The third kappa shape index (κ3) is 3.35. The van der Waals surface area contributed by atoms with Crippen molar-refractivity contribution in [3.05, 3.63) is 39.4 Å². The first-order valence-corrected chi connectivity index (χ1v) is 8.93. The van der Waals surface area contributed by atoms with Gasteiger partial charge in [-0.2, -0.15) is 16.6 Å². The molecule has 0 N–H and O–H groups in total. The van der Waals surface area contributed by atoms with E-state index in [9.17, 15) is 4.79 Å². The van der Waals surface area contributed by atoms with E-state index >= 15 is 0 Å². The predicted octanol–water partition coefficient (Wildman–Crippen LogP) is 2.36. The van der Waals surface area contributed by atoms with Crippen molar-refractivity contribution in [1.29, 1.82) is 5.26 Å². The number of hydrogen-bond acceptors (Lipinski definition) is 6. The molecule has 2 aromatic heterocycles. The summed E-state index contributed by atoms with van der Waals surface area (Å²) < 4.78 is 5.01. The minimum absolute atomic E-state index is 0.00244. The highest BCUT2D eigenvalue weighted by Crippen LogP contribution is 2.23. The zero-order valence-electron chi connectivity index (χ0n) is 13.9. The first-order chi connectivity index (χ1) is 11.6. The van der Waals surface area contributed by atoms with E-state index in [4.69, 9.17) is 9.78 Å². The minimum Gasteiger partial charge on any atom is -0.360 e. The molecule has 2 aromatic rings. The fourth-order valence-corrected chi connectivity index (χ4v) is 3.77. The Balaban J connectivity index is 1.56. The maximum Gasteiger partial charge on any atom is 0.228 e. The predicted molar refractivity (Wildman–Crippen MR) is 90.5 cm³/mol. The Morgan fingerprint density at radius 1 is 1.46 bits per heavy atom. The number of nitriles is 1. The summed E-state index contributed by atoms with van der Waals surface area (Å²) in [4.78, 5) is 16.7. The van der Waals surface area contributed by atoms with Crippen LogP contribution in [0.2, 0.25) is 0 Å². The Labute approximate surface area is 145 Å². The average Bonchev–Trinajstić information content (AvgIpc) is 3.24. The summed E-state index contributed by atoms with van der Waals surface area (Å²) in [5.74, 6) is 0.470. The van der Waals surface area contributed by atoms with E-state index in [1.165, 1.54) is 5.56 Å². The van der Waals surface area contributed by atoms with Crippen molar-refractivity contribution in [2.45, 2.75) is 26.3 Å². The molecule has 7 heteroatoms. The van der Waals surface area contributed by atoms with Gasteiger partial charge in [0.05, 0.1) is 6.42 Å². The van der Waals surface area contributed by atoms with E-state index in [0.717, 1.165) is 13.1 Å². The summed E-state index contributed by atoms with van der Waals surface area (Å²) in [7, 11) is 0. The van der Waals surface area contributed by atoms with Crippen molar-refractivity contribution in [3.63, 3.8) is 0 Å². The highest BCUT2D eigenvalue weighted by atomic mass is 32.1. The first-order valence-electron chi connectivity index (χ1n) is 7.99. The molecule has 0 saturated carbocycles. The molecule has 6 nitrogen and oxygen atoms in total. The maximum atomic E-state index is 12.5. The highest BCUT2D eigenvalue weighted by Gasteiger charge is 2.26. The Morgan fingerprint density at radius 3 is 2.83 bits per heavy atom. The molecule has 3 heterocycles. The Hall–Kier alpha value is -2.17. The number of carbonyl (C=O) groups is 1. The molecule has 1 aliphatic heterocycles. The van der Waals surface area contributed by atoms with Crippen LogP contribution in [0.5, 0.6) is 0 Å². The molecular weight excluding hydrogens is 324 g/mol. The van der Waals surface area contributed by atoms with Gasteiger partial charge in [0.15, 0.2) is 5.76 Å². The zero-order chi connectivity index (χ0) is 17.1. The Kier molecular flexibility index (Phi) is 4.97. The van der Waals surface area contributed by atoms with E-state index in [0.29, 0.717) is 36.1 Å². The monoisotopic (exact) mass is 344 g/mol. The van der Waals surface area contributed by atoms with E-state index in [2.05, 4.69) is 39.9 Å². The van der Waals surface area contributed by atoms with Crippen LogP contribution in [0, 0.1) is 18.3 Å². The number of carbonyl (C=O) groups excluding carboxylic acids is 1. The van der Waals surface area contributed by atoms with Crippen LogP contribution in [-0.4, -0.2) is 47.0 Å². The topological polar surface area (TPSA) is 73.4 Å². The molecule has 1 saturated heterocycles. The lowest BCUT2D eigenvalue weighted by Gasteiger charge is -2.38. The molecule has 0 aliphatic carbocycles. The summed E-state index contributed by atoms with van der Waals surface area (Å²) in [6, 6.07) is 4.58. The SMILES string of the molecule is Cc1onc(CC(=O)N2CCN(C(C)c3ccsc3)CC2)c1C#N. The number of thiophene rings is 1. The molecule has 1 fully saturated rings. The normalized spacial score (nSPS) is 16.8. The molecule has 1 aliphatic rings. The van der Waals surface area contributed by atoms with Crippen molar-refractivity contribution >= 4 is 17.2 Å². The summed E-state index contributed by atoms with van der Waals surface area (Å²) >= 11 is 1.71. The second-order valence-electron chi connectivity index (χ2n) is 6.00. The van der Waals surface area contributed by atoms with E-state index in [-0.39, 0.29) is 12.3 Å². The summed E-state index contributed by atoms with van der Waals surface area (Å²) in [5, 5.41) is 17.2. The molecule has 1 amide bonds. The number of piperazine rings is 1. The van der Waals surface area contributed by atoms with Crippen molar-refractivity contribution in [2.24, 2.45) is 0 Å². The van der Waals surface area contributed by atoms with Crippen LogP contribution in [0.4, 0.5) is 0 Å². The van der Waals surface area contributed by atoms with E-state index in [1.54, 1.807) is 18.3 Å². The van der Waals surface area contributed by atoms with Gasteiger partial charge in [0.1, 0.15) is 17.3 Å². The first kappa shape index (κ1) is 16.7. The van der Waals surface area contributed by atoms with Gasteiger partial charge in [-0.25, -0.2) is 0 Å². The van der Waals surface area contributed by atoms with Gasteiger partial charge in [-0.15, -0.1) is 0 Å². The molecule has 1 unspecified atom stereocenters. The number of hydrogen-bond donors (Lipinski definition) is 0. The average molecular weight is 344 g/mol. The van der Waals surface area contributed by atoms with Crippen molar-refractivity contribution in [1.82, 2.24) is 15.0 Å². The molecule has 126 valence electrons. The molecule has 3 rings (SSSR count). The van der Waals surface area contributed by atoms with Crippen LogP contribution in [0.1, 0.15) is 35.5 Å². The molecule has 0 aromatic carbocycles. The van der Waals surface area contributed by atoms with Crippen LogP contribution in [0.3, 0.4) is 0 Å². The van der Waals surface area contributed by atoms with Gasteiger partial charge in [0, 0.05) is 32.2 Å². The lowest BCUT2D eigenvalue weighted by Crippen LogP contribution is -2.49. The van der Waals surface area contributed by atoms with Gasteiger partial charge in [0.25, 0.3) is 0 Å². The van der Waals surface area contributed by atoms with Crippen LogP contribution >= 0.6 is 11.3 Å². The smallest absolute Gasteiger partial charge is 0.228 e. The zero-order valence-corrected chi connectivity index (χ0v) is 14.7. The van der Waals surface area contributed by atoms with Gasteiger partial charge < -0.3 is 9.42 Å². The van der Waals surface area contributed by atoms with Gasteiger partial charge in [0.2, 0.25) is 5.91 Å². The van der Waals surface area contributed by atoms with Crippen molar-refractivity contribution in [3.8, 4) is 6.07 Å². The van der Waals surface area contributed by atoms with Gasteiger partial charge in [-0.3, -0.25) is 9.69 Å². The second kappa shape index (κ2) is 7.16. The molecular formula is C17H20N4O2S. The summed E-state index contributed by atoms with van der Waals surface area (Å²) in [6.07, 6.45) is 0.125. The van der Waals surface area contributed by atoms with Gasteiger partial charge in [-0.05, 0) is 36.2 Å². The van der Waals surface area contributed by atoms with Crippen LogP contribution in [-0.2, 0) is 11.2 Å². The number of rotatable bonds is 4. The number of amides is 1. The van der Waals surface area contributed by atoms with Crippen molar-refractivity contribution < 1.29 is 9.32 Å². The van der Waals surface area contributed by atoms with E-state index in [1.807, 2.05) is 4.90 Å². The Morgan fingerprint density at radius 2 is 2.21 bits per heavy atom. The second-order valence-corrected chi connectivity index (χ2v) is 6.78. The molecule has 24 heavy (non-hydrogen) atoms. The van der Waals surface area contributed by atoms with Crippen LogP contribution in [0.15, 0.2) is 21.3 Å². The highest BCUT2D eigenvalue weighted by molar-refractivity contribution is 7.07. The van der Waals surface area contributed by atoms with Gasteiger partial charge >= 0.3 is 0 Å². The molecule has 1 atom stereocenters. The number of aromatic nitrogens is 1. The van der Waals surface area contributed by atoms with Crippen LogP contribution in [0.25, 0.3) is 0 Å². The third-order valence-electron chi connectivity index (χ3n) is 4.60. The fourth-order valence-electron chi connectivity index (χ4n) is 3.02. The molecule has 0 radical (unpaired) electrons. The third-order valence-corrected chi connectivity index (χ3v) is 5.31. The standard InChI is InChI=1S/C17H20N4O2S/c1-12(14-3-8-24-11-14)20-4-6-21(7-5-20)17(22)9-16-15(10-18)13(2)23-19-16/h3,8,11-12H,4-7,9H2,1-2H3. The molecule has 0 bridgehead atoms. The lowest BCUT2D eigenvalue weighted by atomic mass is 10.1. The van der Waals surface area contributed by atoms with Crippen LogP contribution < -0.4 is 0 Å². The summed E-state index contributed by atoms with van der Waals surface area (Å²) in [5.41, 5.74) is 2.15. The quantitative estimate of drug-likeness (QED) is 0.851. The van der Waals surface area contributed by atoms with Crippen molar-refractivity contribution in [2.75, 3.05) is 26.2 Å². The maximum absolute atomic E-state index is 12.5. The van der Waals surface area contributed by atoms with E-state index < -0.39 is 0 Å². The lowest BCUT2D eigenvalue weighted by molar-refractivity contribution is -0.132. The summed E-state index contributed by atoms with van der Waals surface area (Å²) in [6.45, 7) is 7.00. The fraction of sp³-hybridized carbons (Fsp3) is 0.471. The minimum atomic E-state index is 0.00244. The number of nitrogens with zero attached hydrogens (tertiary/aromatic N) is 4. The molecule has 0 spiro atoms. The number of aryl methyl sites for hydroxylation is 1. The van der Waals surface area contributed by atoms with Gasteiger partial charge in [-0.1, -0.05) is 5.16 Å².